The van der Waals surface area contributed by atoms with E-state index in [1.165, 1.54) is 5.57 Å². The first-order chi connectivity index (χ1) is 7.06. The first-order valence-electron chi connectivity index (χ1n) is 5.33. The second-order valence-corrected chi connectivity index (χ2v) is 3.85. The molecule has 0 aromatic heterocycles. The molecule has 0 aliphatic carbocycles. The van der Waals surface area contributed by atoms with Crippen molar-refractivity contribution >= 4 is 5.84 Å². The molecule has 0 N–H and O–H groups in total. The molecule has 0 spiro atoms. The Morgan fingerprint density at radius 3 is 2.73 bits per heavy atom. The zero-order valence-electron chi connectivity index (χ0n) is 10.1. The lowest BCUT2D eigenvalue weighted by molar-refractivity contribution is 0.237. The van der Waals surface area contributed by atoms with E-state index in [0.29, 0.717) is 0 Å². The highest BCUT2D eigenvalue weighted by molar-refractivity contribution is 5.80. The summed E-state index contributed by atoms with van der Waals surface area (Å²) in [7, 11) is 3.96. The first kappa shape index (κ1) is 11.8. The average Bonchev–Trinajstić information content (AvgIpc) is 2.64. The van der Waals surface area contributed by atoms with E-state index in [1.807, 2.05) is 25.9 Å². The van der Waals surface area contributed by atoms with E-state index >= 15 is 0 Å². The lowest BCUT2D eigenvalue weighted by Gasteiger charge is -2.12. The van der Waals surface area contributed by atoms with Crippen LogP contribution in [0.1, 0.15) is 26.7 Å². The number of aliphatic imine (C=N–C) groups is 1. The fourth-order valence-electron chi connectivity index (χ4n) is 1.49. The van der Waals surface area contributed by atoms with Gasteiger partial charge in [-0.05, 0) is 6.92 Å². The molecule has 0 saturated carbocycles. The predicted octanol–water partition coefficient (Wildman–Crippen LogP) is 2.56. The smallest absolute Gasteiger partial charge is 0.101 e. The number of nitrogens with zero attached hydrogens (tertiary/aromatic N) is 2. The number of amidine groups is 1. The van der Waals surface area contributed by atoms with Gasteiger partial charge in [-0.25, -0.2) is 4.99 Å². The molecule has 0 radical (unpaired) electrons. The maximum atomic E-state index is 5.51. The number of rotatable bonds is 3. The van der Waals surface area contributed by atoms with Crippen LogP contribution in [0, 0.1) is 0 Å². The molecule has 0 aromatic rings. The van der Waals surface area contributed by atoms with Gasteiger partial charge in [0, 0.05) is 32.5 Å². The van der Waals surface area contributed by atoms with Crippen molar-refractivity contribution in [2.75, 3.05) is 20.7 Å². The summed E-state index contributed by atoms with van der Waals surface area (Å²) in [6.07, 6.45) is 1.86. The van der Waals surface area contributed by atoms with Gasteiger partial charge in [0.2, 0.25) is 0 Å². The van der Waals surface area contributed by atoms with Gasteiger partial charge in [0.05, 0.1) is 12.3 Å². The molecular formula is C12H20N2O. The molecular weight excluding hydrogens is 188 g/mol. The molecule has 3 heteroatoms. The van der Waals surface area contributed by atoms with E-state index in [-0.39, 0.29) is 0 Å². The molecule has 0 atom stereocenters. The Labute approximate surface area is 92.1 Å². The number of allylic oxidation sites excluding steroid dienone is 2. The maximum absolute atomic E-state index is 5.51. The summed E-state index contributed by atoms with van der Waals surface area (Å²) in [6.45, 7) is 8.85. The molecule has 1 aliphatic heterocycles. The van der Waals surface area contributed by atoms with Crippen molar-refractivity contribution in [3.05, 3.63) is 23.6 Å². The third kappa shape index (κ3) is 2.85. The zero-order valence-corrected chi connectivity index (χ0v) is 10.1. The summed E-state index contributed by atoms with van der Waals surface area (Å²) in [5.74, 6) is 2.02. The molecule has 0 saturated heterocycles. The Morgan fingerprint density at radius 1 is 1.53 bits per heavy atom. The van der Waals surface area contributed by atoms with Crippen LogP contribution in [0.3, 0.4) is 0 Å². The lowest BCUT2D eigenvalue weighted by Crippen LogP contribution is -2.18. The zero-order chi connectivity index (χ0) is 11.4. The van der Waals surface area contributed by atoms with Crippen molar-refractivity contribution in [2.24, 2.45) is 4.99 Å². The van der Waals surface area contributed by atoms with Gasteiger partial charge in [0.25, 0.3) is 0 Å². The minimum Gasteiger partial charge on any atom is -0.497 e. The van der Waals surface area contributed by atoms with Crippen molar-refractivity contribution in [3.8, 4) is 0 Å². The molecule has 1 aliphatic rings. The number of ether oxygens (including phenoxy) is 1. The fourth-order valence-corrected chi connectivity index (χ4v) is 1.49. The maximum Gasteiger partial charge on any atom is 0.101 e. The normalized spacial score (nSPS) is 16.7. The average molecular weight is 208 g/mol. The van der Waals surface area contributed by atoms with Gasteiger partial charge in [-0.3, -0.25) is 0 Å². The highest BCUT2D eigenvalue weighted by Gasteiger charge is 2.16. The highest BCUT2D eigenvalue weighted by atomic mass is 16.5. The molecule has 0 aromatic carbocycles. The molecule has 0 amide bonds. The Kier molecular flexibility index (Phi) is 3.95. The van der Waals surface area contributed by atoms with E-state index in [9.17, 15) is 0 Å². The Balaban J connectivity index is 2.81. The van der Waals surface area contributed by atoms with Crippen molar-refractivity contribution in [1.29, 1.82) is 0 Å². The van der Waals surface area contributed by atoms with Crippen LogP contribution in [0.15, 0.2) is 28.6 Å². The molecule has 0 bridgehead atoms. The minimum atomic E-state index is 0.772. The molecule has 1 heterocycles. The summed E-state index contributed by atoms with van der Waals surface area (Å²) in [5, 5.41) is 0. The third-order valence-electron chi connectivity index (χ3n) is 2.58. The van der Waals surface area contributed by atoms with E-state index in [4.69, 9.17) is 4.74 Å². The van der Waals surface area contributed by atoms with E-state index in [0.717, 1.165) is 36.7 Å². The van der Waals surface area contributed by atoms with E-state index < -0.39 is 0 Å². The number of hydrogen-bond acceptors (Lipinski definition) is 2. The predicted molar refractivity (Wildman–Crippen MR) is 63.8 cm³/mol. The molecule has 84 valence electrons. The Morgan fingerprint density at radius 2 is 2.20 bits per heavy atom. The SMILES string of the molecule is C=C(N=C(C)N(C)C)C1=C(CC)OCC1. The standard InChI is InChI=1S/C12H20N2O/c1-6-12-11(7-8-15-12)9(2)13-10(3)14(4)5/h2,6-8H2,1,3-5H3. The van der Waals surface area contributed by atoms with Gasteiger partial charge in [0.1, 0.15) is 11.6 Å². The monoisotopic (exact) mass is 208 g/mol. The van der Waals surface area contributed by atoms with Crippen LogP contribution in [0.2, 0.25) is 0 Å². The minimum absolute atomic E-state index is 0.772. The summed E-state index contributed by atoms with van der Waals surface area (Å²) >= 11 is 0. The van der Waals surface area contributed by atoms with Crippen molar-refractivity contribution < 1.29 is 4.74 Å². The van der Waals surface area contributed by atoms with Crippen LogP contribution in [-0.2, 0) is 4.74 Å². The van der Waals surface area contributed by atoms with Crippen LogP contribution in [-0.4, -0.2) is 31.4 Å². The molecule has 1 rings (SSSR count). The van der Waals surface area contributed by atoms with Gasteiger partial charge in [-0.1, -0.05) is 13.5 Å². The van der Waals surface area contributed by atoms with Gasteiger partial charge in [-0.15, -0.1) is 0 Å². The Bertz CT molecular complexity index is 314. The van der Waals surface area contributed by atoms with E-state index in [1.54, 1.807) is 0 Å². The van der Waals surface area contributed by atoms with Crippen molar-refractivity contribution in [3.63, 3.8) is 0 Å². The fraction of sp³-hybridized carbons (Fsp3) is 0.583. The molecule has 0 unspecified atom stereocenters. The third-order valence-corrected chi connectivity index (χ3v) is 2.58. The topological polar surface area (TPSA) is 24.8 Å². The largest absolute Gasteiger partial charge is 0.497 e. The second-order valence-electron chi connectivity index (χ2n) is 3.85. The summed E-state index contributed by atoms with van der Waals surface area (Å²) in [4.78, 5) is 6.45. The van der Waals surface area contributed by atoms with Gasteiger partial charge >= 0.3 is 0 Å². The van der Waals surface area contributed by atoms with Crippen LogP contribution in [0.5, 0.6) is 0 Å². The van der Waals surface area contributed by atoms with Gasteiger partial charge in [0.15, 0.2) is 0 Å². The van der Waals surface area contributed by atoms with Crippen molar-refractivity contribution in [2.45, 2.75) is 26.7 Å². The van der Waals surface area contributed by atoms with Crippen LogP contribution in [0.25, 0.3) is 0 Å². The molecule has 15 heavy (non-hydrogen) atoms. The van der Waals surface area contributed by atoms with Gasteiger partial charge in [-0.2, -0.15) is 0 Å². The Hall–Kier alpha value is -1.25. The number of hydrogen-bond donors (Lipinski definition) is 0. The second kappa shape index (κ2) is 5.01. The van der Waals surface area contributed by atoms with Crippen molar-refractivity contribution in [1.82, 2.24) is 4.90 Å². The van der Waals surface area contributed by atoms with Crippen LogP contribution in [0.4, 0.5) is 0 Å². The summed E-state index contributed by atoms with van der Waals surface area (Å²) in [5.41, 5.74) is 2.02. The molecule has 0 fully saturated rings. The summed E-state index contributed by atoms with van der Waals surface area (Å²) in [6, 6.07) is 0. The quantitative estimate of drug-likeness (QED) is 0.526. The lowest BCUT2D eigenvalue weighted by atomic mass is 10.1. The van der Waals surface area contributed by atoms with Crippen LogP contribution >= 0.6 is 0 Å². The highest BCUT2D eigenvalue weighted by Crippen LogP contribution is 2.27. The van der Waals surface area contributed by atoms with Gasteiger partial charge < -0.3 is 9.64 Å². The molecule has 3 nitrogen and oxygen atoms in total. The van der Waals surface area contributed by atoms with Crippen LogP contribution < -0.4 is 0 Å². The summed E-state index contributed by atoms with van der Waals surface area (Å²) < 4.78 is 5.51. The van der Waals surface area contributed by atoms with E-state index in [2.05, 4.69) is 18.5 Å². The first-order valence-corrected chi connectivity index (χ1v) is 5.33.